The lowest BCUT2D eigenvalue weighted by molar-refractivity contribution is -0.123. The fraction of sp³-hybridized carbons (Fsp3) is 0.208. The van der Waals surface area contributed by atoms with Crippen LogP contribution in [0.15, 0.2) is 83.8 Å². The molecule has 3 aromatic rings. The Labute approximate surface area is 193 Å². The van der Waals surface area contributed by atoms with Crippen LogP contribution in [0.1, 0.15) is 24.1 Å². The van der Waals surface area contributed by atoms with E-state index < -0.39 is 28.0 Å². The average molecular weight is 473 g/mol. The zero-order valence-corrected chi connectivity index (χ0v) is 19.4. The lowest BCUT2D eigenvalue weighted by Gasteiger charge is -2.23. The predicted molar refractivity (Wildman–Crippen MR) is 125 cm³/mol. The molecule has 3 rings (SSSR count). The highest BCUT2D eigenvalue weighted by Gasteiger charge is 2.27. The van der Waals surface area contributed by atoms with E-state index in [1.54, 1.807) is 7.11 Å². The van der Waals surface area contributed by atoms with Gasteiger partial charge in [-0.1, -0.05) is 60.1 Å². The molecule has 2 atom stereocenters. The molecule has 0 spiro atoms. The summed E-state index contributed by atoms with van der Waals surface area (Å²) >= 11 is 5.88. The first-order chi connectivity index (χ1) is 15.3. The molecule has 32 heavy (non-hydrogen) atoms. The molecule has 0 aromatic heterocycles. The fourth-order valence-electron chi connectivity index (χ4n) is 3.32. The summed E-state index contributed by atoms with van der Waals surface area (Å²) in [5.74, 6) is 0.200. The Hall–Kier alpha value is -2.87. The Balaban J connectivity index is 1.85. The van der Waals surface area contributed by atoms with Crippen LogP contribution in [-0.4, -0.2) is 27.5 Å². The number of carbonyl (C=O) groups is 1. The molecule has 0 unspecified atom stereocenters. The van der Waals surface area contributed by atoms with Crippen LogP contribution in [0.3, 0.4) is 0 Å². The zero-order chi connectivity index (χ0) is 23.1. The minimum absolute atomic E-state index is 0.0329. The number of methoxy groups -OCH3 is 1. The number of ether oxygens (including phenoxy) is 1. The van der Waals surface area contributed by atoms with Gasteiger partial charge in [-0.3, -0.25) is 4.79 Å². The minimum atomic E-state index is -3.95. The molecule has 2 N–H and O–H groups in total. The summed E-state index contributed by atoms with van der Waals surface area (Å²) in [4.78, 5) is 13.2. The Kier molecular flexibility index (Phi) is 7.90. The minimum Gasteiger partial charge on any atom is -0.496 e. The number of benzene rings is 3. The van der Waals surface area contributed by atoms with Crippen LogP contribution >= 0.6 is 11.6 Å². The largest absolute Gasteiger partial charge is 0.496 e. The van der Waals surface area contributed by atoms with Crippen molar-refractivity contribution in [3.63, 3.8) is 0 Å². The van der Waals surface area contributed by atoms with Crippen molar-refractivity contribution in [1.29, 1.82) is 0 Å². The number of rotatable bonds is 9. The number of para-hydroxylation sites is 1. The van der Waals surface area contributed by atoms with E-state index in [9.17, 15) is 13.2 Å². The first-order valence-electron chi connectivity index (χ1n) is 10.1. The summed E-state index contributed by atoms with van der Waals surface area (Å²) in [6.07, 6.45) is 0.193. The molecular weight excluding hydrogens is 448 g/mol. The van der Waals surface area contributed by atoms with Crippen molar-refractivity contribution in [3.8, 4) is 5.75 Å². The van der Waals surface area contributed by atoms with Crippen LogP contribution in [0, 0.1) is 0 Å². The third-order valence-electron chi connectivity index (χ3n) is 4.98. The molecule has 3 aromatic carbocycles. The van der Waals surface area contributed by atoms with Crippen molar-refractivity contribution in [2.24, 2.45) is 0 Å². The van der Waals surface area contributed by atoms with Crippen LogP contribution < -0.4 is 14.8 Å². The van der Waals surface area contributed by atoms with Crippen molar-refractivity contribution in [2.75, 3.05) is 7.11 Å². The normalized spacial score (nSPS) is 13.2. The van der Waals surface area contributed by atoms with E-state index in [1.165, 1.54) is 24.3 Å². The standard InChI is InChI=1S/C24H25ClN2O4S/c1-17(21-10-6-7-11-23(21)31-2)26-24(28)22(16-18-8-4-3-5-9-18)27-32(29,30)20-14-12-19(25)13-15-20/h3-15,17,22,27H,16H2,1-2H3,(H,26,28)/t17-,22-/m0/s1. The Morgan fingerprint density at radius 2 is 1.59 bits per heavy atom. The molecule has 168 valence electrons. The van der Waals surface area contributed by atoms with Crippen molar-refractivity contribution < 1.29 is 17.9 Å². The van der Waals surface area contributed by atoms with Gasteiger partial charge in [-0.05, 0) is 49.2 Å². The monoisotopic (exact) mass is 472 g/mol. The van der Waals surface area contributed by atoms with Crippen molar-refractivity contribution in [1.82, 2.24) is 10.0 Å². The number of halogens is 1. The molecule has 0 saturated carbocycles. The van der Waals surface area contributed by atoms with Crippen LogP contribution in [0.2, 0.25) is 5.02 Å². The van der Waals surface area contributed by atoms with Gasteiger partial charge in [-0.2, -0.15) is 4.72 Å². The molecule has 0 saturated heterocycles. The van der Waals surface area contributed by atoms with Crippen LogP contribution in [-0.2, 0) is 21.2 Å². The summed E-state index contributed by atoms with van der Waals surface area (Å²) in [5.41, 5.74) is 1.62. The topological polar surface area (TPSA) is 84.5 Å². The molecular formula is C24H25ClN2O4S. The summed E-state index contributed by atoms with van der Waals surface area (Å²) in [6.45, 7) is 1.82. The van der Waals surface area contributed by atoms with Gasteiger partial charge in [0, 0.05) is 10.6 Å². The number of amides is 1. The molecule has 1 amide bonds. The van der Waals surface area contributed by atoms with Gasteiger partial charge in [0.1, 0.15) is 11.8 Å². The molecule has 0 heterocycles. The Bertz CT molecular complexity index is 1150. The molecule has 6 nitrogen and oxygen atoms in total. The van der Waals surface area contributed by atoms with E-state index >= 15 is 0 Å². The predicted octanol–water partition coefficient (Wildman–Crippen LogP) is 4.12. The van der Waals surface area contributed by atoms with E-state index in [4.69, 9.17) is 16.3 Å². The van der Waals surface area contributed by atoms with Gasteiger partial charge >= 0.3 is 0 Å². The lowest BCUT2D eigenvalue weighted by atomic mass is 10.0. The molecule has 0 radical (unpaired) electrons. The highest BCUT2D eigenvalue weighted by molar-refractivity contribution is 7.89. The quantitative estimate of drug-likeness (QED) is 0.490. The highest BCUT2D eigenvalue weighted by atomic mass is 35.5. The summed E-state index contributed by atoms with van der Waals surface area (Å²) in [7, 11) is -2.39. The maximum absolute atomic E-state index is 13.2. The summed E-state index contributed by atoms with van der Waals surface area (Å²) in [5, 5.41) is 3.33. The second kappa shape index (κ2) is 10.6. The van der Waals surface area contributed by atoms with Gasteiger partial charge in [0.05, 0.1) is 18.0 Å². The van der Waals surface area contributed by atoms with Gasteiger partial charge in [-0.25, -0.2) is 8.42 Å². The lowest BCUT2D eigenvalue weighted by Crippen LogP contribution is -2.48. The second-order valence-corrected chi connectivity index (χ2v) is 9.44. The first-order valence-corrected chi connectivity index (χ1v) is 11.9. The van der Waals surface area contributed by atoms with Gasteiger partial charge in [0.2, 0.25) is 15.9 Å². The van der Waals surface area contributed by atoms with Gasteiger partial charge in [0.15, 0.2) is 0 Å². The molecule has 8 heteroatoms. The summed E-state index contributed by atoms with van der Waals surface area (Å²) in [6, 6.07) is 21.0. The third-order valence-corrected chi connectivity index (χ3v) is 6.72. The van der Waals surface area contributed by atoms with Gasteiger partial charge < -0.3 is 10.1 Å². The van der Waals surface area contributed by atoms with Crippen molar-refractivity contribution in [3.05, 3.63) is 95.0 Å². The SMILES string of the molecule is COc1ccccc1[C@H](C)NC(=O)[C@H](Cc1ccccc1)NS(=O)(=O)c1ccc(Cl)cc1. The van der Waals surface area contributed by atoms with E-state index in [-0.39, 0.29) is 11.3 Å². The van der Waals surface area contributed by atoms with E-state index in [0.717, 1.165) is 11.1 Å². The number of hydrogen-bond acceptors (Lipinski definition) is 4. The van der Waals surface area contributed by atoms with Crippen molar-refractivity contribution in [2.45, 2.75) is 30.3 Å². The number of sulfonamides is 1. The fourth-order valence-corrected chi connectivity index (χ4v) is 4.64. The van der Waals surface area contributed by atoms with Gasteiger partial charge in [-0.15, -0.1) is 0 Å². The first kappa shape index (κ1) is 23.8. The zero-order valence-electron chi connectivity index (χ0n) is 17.8. The van der Waals surface area contributed by atoms with Crippen molar-refractivity contribution >= 4 is 27.5 Å². The third kappa shape index (κ3) is 6.09. The van der Waals surface area contributed by atoms with E-state index in [0.29, 0.717) is 10.8 Å². The smallest absolute Gasteiger partial charge is 0.241 e. The number of hydrogen-bond donors (Lipinski definition) is 2. The number of carbonyl (C=O) groups excluding carboxylic acids is 1. The number of nitrogens with one attached hydrogen (secondary N) is 2. The molecule has 0 aliphatic carbocycles. The summed E-state index contributed by atoms with van der Waals surface area (Å²) < 4.78 is 33.8. The van der Waals surface area contributed by atoms with Crippen LogP contribution in [0.4, 0.5) is 0 Å². The molecule has 0 bridgehead atoms. The van der Waals surface area contributed by atoms with Crippen LogP contribution in [0.25, 0.3) is 0 Å². The Morgan fingerprint density at radius 1 is 0.969 bits per heavy atom. The maximum atomic E-state index is 13.2. The maximum Gasteiger partial charge on any atom is 0.241 e. The van der Waals surface area contributed by atoms with Gasteiger partial charge in [0.25, 0.3) is 0 Å². The van der Waals surface area contributed by atoms with E-state index in [1.807, 2.05) is 61.5 Å². The average Bonchev–Trinajstić information content (AvgIpc) is 2.79. The second-order valence-electron chi connectivity index (χ2n) is 7.29. The molecule has 0 aliphatic rings. The Morgan fingerprint density at radius 3 is 2.25 bits per heavy atom. The van der Waals surface area contributed by atoms with E-state index in [2.05, 4.69) is 10.0 Å². The highest BCUT2D eigenvalue weighted by Crippen LogP contribution is 2.24. The van der Waals surface area contributed by atoms with Crippen LogP contribution in [0.5, 0.6) is 5.75 Å². The molecule has 0 fully saturated rings. The molecule has 0 aliphatic heterocycles.